The third-order valence-corrected chi connectivity index (χ3v) is 17.5. The number of rotatable bonds is 8. The van der Waals surface area contributed by atoms with Gasteiger partial charge in [-0.3, -0.25) is 17.9 Å². The fourth-order valence-electron chi connectivity index (χ4n) is 9.83. The summed E-state index contributed by atoms with van der Waals surface area (Å²) in [5, 5.41) is 0. The Hall–Kier alpha value is -8.78. The molecule has 2 aliphatic rings. The van der Waals surface area contributed by atoms with Gasteiger partial charge in [-0.05, 0) is 46.6 Å². The quantitative estimate of drug-likeness (QED) is 0.0340. The molecule has 23 nitrogen and oxygen atoms in total. The van der Waals surface area contributed by atoms with E-state index >= 15 is 70.2 Å². The molecule has 4 aromatic carbocycles. The Balaban J connectivity index is 0.000000755. The summed E-state index contributed by atoms with van der Waals surface area (Å²) < 4.78 is 557. The van der Waals surface area contributed by atoms with Crippen LogP contribution in [-0.2, 0) is 67.7 Å². The average Bonchev–Trinajstić information content (AvgIpc) is 1.50. The number of hydrogen-bond donors (Lipinski definition) is 0. The molecule has 8 bridgehead atoms. The first kappa shape index (κ1) is 106. The number of fused-ring (bicyclic) bond motifs is 8. The molecular formula is C61H44F31FeN8O15S5. The molecular weight excluding hydrogens is 1890 g/mol. The molecule has 0 fully saturated rings. The summed E-state index contributed by atoms with van der Waals surface area (Å²) in [7, 11) is -16.5. The van der Waals surface area contributed by atoms with E-state index in [1.807, 2.05) is 0 Å². The normalized spacial score (nSPS) is 13.3. The molecule has 0 N–H and O–H groups in total. The zero-order valence-electron chi connectivity index (χ0n) is 60.9. The maximum atomic E-state index is 16.9. The number of halogens is 31. The van der Waals surface area contributed by atoms with Crippen molar-refractivity contribution in [3.05, 3.63) is 140 Å². The van der Waals surface area contributed by atoms with Crippen LogP contribution in [0.1, 0.15) is 22.8 Å². The molecule has 673 valence electrons. The van der Waals surface area contributed by atoms with Crippen LogP contribution in [0.3, 0.4) is 0 Å². The van der Waals surface area contributed by atoms with E-state index in [1.54, 1.807) is 0 Å². The van der Waals surface area contributed by atoms with Gasteiger partial charge in [0.1, 0.15) is 0 Å². The van der Waals surface area contributed by atoms with E-state index in [0.717, 1.165) is 133 Å². The number of alkyl halides is 15. The zero-order chi connectivity index (χ0) is 94.3. The Kier molecular flexibility index (Phi) is 31.2. The number of benzene rings is 4. The van der Waals surface area contributed by atoms with Crippen molar-refractivity contribution < 1.29 is 218 Å². The van der Waals surface area contributed by atoms with Crippen molar-refractivity contribution in [3.8, 4) is 44.5 Å². The Morgan fingerprint density at radius 3 is 0.438 bits per heavy atom. The molecule has 5 heterocycles. The van der Waals surface area contributed by atoms with Crippen LogP contribution < -0.4 is 27.9 Å². The second-order valence-corrected chi connectivity index (χ2v) is 33.7. The van der Waals surface area contributed by atoms with Crippen molar-refractivity contribution in [3.63, 3.8) is 0 Å². The Morgan fingerprint density at radius 1 is 0.240 bits per heavy atom. The van der Waals surface area contributed by atoms with E-state index in [2.05, 4.69) is 19.9 Å². The second kappa shape index (κ2) is 35.5. The van der Waals surface area contributed by atoms with Crippen LogP contribution in [0.2, 0.25) is 0 Å². The van der Waals surface area contributed by atoms with Crippen LogP contribution >= 0.6 is 0 Å². The van der Waals surface area contributed by atoms with E-state index in [9.17, 15) is 65.9 Å². The molecule has 0 unspecified atom stereocenters. The number of nitrogens with zero attached hydrogens (tertiary/aromatic N) is 8. The van der Waals surface area contributed by atoms with Gasteiger partial charge in [0.25, 0.3) is 0 Å². The van der Waals surface area contributed by atoms with Gasteiger partial charge in [0.05, 0.1) is 130 Å². The Bertz CT molecular complexity index is 5260. The minimum Gasteiger partial charge on any atom is -0.741 e. The van der Waals surface area contributed by atoms with Crippen LogP contribution in [0.4, 0.5) is 159 Å². The molecule has 1 radical (unpaired) electrons. The van der Waals surface area contributed by atoms with E-state index in [0.29, 0.717) is 0 Å². The van der Waals surface area contributed by atoms with Crippen molar-refractivity contribution in [2.24, 2.45) is 0 Å². The van der Waals surface area contributed by atoms with Gasteiger partial charge >= 0.3 is 44.6 Å². The fourth-order valence-corrected chi connectivity index (χ4v) is 9.83. The van der Waals surface area contributed by atoms with E-state index < -0.39 is 301 Å². The van der Waals surface area contributed by atoms with Gasteiger partial charge < -0.3 is 32.7 Å². The molecule has 0 atom stereocenters. The SMILES string of the molecule is C[N+](C)(C)c1c(F)c(F)c(-c2c3nc(c(-c4c(F)c(F)c([N+](C)(C)C)c(F)c4F)c4ccc([n-]4)c(-c4c(F)c(F)c([N+](C)(C)C)c(F)c4F)c4nc(c(-c5c(F)c(F)c([N+](C)(C)C)c(F)c5F)c5ccc2[n-]5)C=C4)C=C3)c(F)c1F.O=S(=O)([O-])C(F)(F)F.O=S(=O)([O-])C(F)(F)F.O=S(=O)([O-])C(F)(F)F.O=S(=O)([O-])C(F)(F)F.O=S(=O)([O-])C(F)(F)F.[Fe+3]. The van der Waals surface area contributed by atoms with E-state index in [1.165, 1.54) is 0 Å². The van der Waals surface area contributed by atoms with Crippen LogP contribution in [-0.4, -0.2) is 187 Å². The third-order valence-electron chi connectivity index (χ3n) is 14.7. The number of aromatic nitrogens is 4. The molecule has 2 aliphatic heterocycles. The average molecular weight is 1930 g/mol. The standard InChI is InChI=1S/C56H44F16N8.5CHF3O3S.Fe/c1-77(2,3)53-45(65)37(57)33(38(58)46(53)66)29-21-13-15-23(73-21)30(34-39(59)47(67)54(78(4,5)6)48(68)40(34)60)25-17-19-27(75-25)32(36-43(63)51(71)56(80(10,11)12)52(72)44(36)64)28-20-18-26(76-28)31(24-16-14-22(29)74-24)35-41(61)49(69)55(79(7,8)9)50(70)42(35)62;5*2-1(3,4)8(5,6)7;/h13-20H,1-12H3;5*(H,5,6,7);/q+2;;;;;;+3/p-5. The summed E-state index contributed by atoms with van der Waals surface area (Å²) in [6.07, 6.45) is 3.33. The molecule has 0 spiro atoms. The Morgan fingerprint density at radius 2 is 0.347 bits per heavy atom. The summed E-state index contributed by atoms with van der Waals surface area (Å²) in [6, 6.07) is 3.33. The van der Waals surface area contributed by atoms with Crippen LogP contribution in [0.25, 0.3) is 90.9 Å². The molecule has 0 saturated carbocycles. The van der Waals surface area contributed by atoms with Gasteiger partial charge in [-0.15, -0.1) is 22.1 Å². The molecule has 121 heavy (non-hydrogen) atoms. The molecule has 7 aromatic rings. The molecule has 0 saturated heterocycles. The minimum absolute atomic E-state index is 0. The fraction of sp³-hybridized carbons (Fsp3) is 0.279. The summed E-state index contributed by atoms with van der Waals surface area (Å²) in [6.45, 7) is 0. The van der Waals surface area contributed by atoms with Crippen LogP contribution in [0.5, 0.6) is 0 Å². The summed E-state index contributed by atoms with van der Waals surface area (Å²) >= 11 is 0. The van der Waals surface area contributed by atoms with Crippen LogP contribution in [0, 0.1) is 93.1 Å². The summed E-state index contributed by atoms with van der Waals surface area (Å²) in [4.78, 5) is 17.2. The molecule has 0 amide bonds. The van der Waals surface area contributed by atoms with Crippen molar-refractivity contribution >= 4 is 120 Å². The van der Waals surface area contributed by atoms with Gasteiger partial charge in [-0.25, -0.2) is 87.2 Å². The summed E-state index contributed by atoms with van der Waals surface area (Å²) in [5.74, 6) is -32.4. The molecule has 60 heteroatoms. The predicted octanol–water partition coefficient (Wildman–Crippen LogP) is 13.8. The monoisotopic (exact) mass is 1930 g/mol. The zero-order valence-corrected chi connectivity index (χ0v) is 66.1. The van der Waals surface area contributed by atoms with Gasteiger partial charge in [-0.2, -0.15) is 101 Å². The predicted molar refractivity (Wildman–Crippen MR) is 355 cm³/mol. The van der Waals surface area contributed by atoms with Crippen molar-refractivity contribution in [2.75, 3.05) is 84.6 Å². The number of quaternary nitrogens is 4. The van der Waals surface area contributed by atoms with Crippen molar-refractivity contribution in [1.29, 1.82) is 0 Å². The third kappa shape index (κ3) is 23.0. The van der Waals surface area contributed by atoms with E-state index in [-0.39, 0.29) is 17.1 Å². The van der Waals surface area contributed by atoms with Crippen molar-refractivity contribution in [1.82, 2.24) is 37.9 Å². The molecule has 0 aliphatic carbocycles. The van der Waals surface area contributed by atoms with Crippen molar-refractivity contribution in [2.45, 2.75) is 27.5 Å². The second-order valence-electron chi connectivity index (χ2n) is 26.8. The topological polar surface area (TPSA) is 340 Å². The summed E-state index contributed by atoms with van der Waals surface area (Å²) in [5.41, 5.74) is -49.6. The maximum absolute atomic E-state index is 16.9. The van der Waals surface area contributed by atoms with Crippen LogP contribution in [0.15, 0.2) is 24.3 Å². The van der Waals surface area contributed by atoms with Gasteiger partial charge in [0.15, 0.2) is 97.1 Å². The molecule has 9 rings (SSSR count). The minimum atomic E-state index is -6.09. The Labute approximate surface area is 669 Å². The number of hydrogen-bond acceptors (Lipinski definition) is 17. The first-order valence-corrected chi connectivity index (χ1v) is 37.1. The van der Waals surface area contributed by atoms with Gasteiger partial charge in [-0.1, -0.05) is 24.3 Å². The largest absolute Gasteiger partial charge is 3.00 e. The first-order valence-electron chi connectivity index (χ1n) is 30.1. The van der Waals surface area contributed by atoms with Gasteiger partial charge in [0, 0.05) is 0 Å². The first-order chi connectivity index (χ1) is 53.2. The van der Waals surface area contributed by atoms with Gasteiger partial charge in [0.2, 0.25) is 69.3 Å². The smallest absolute Gasteiger partial charge is 0.741 e. The van der Waals surface area contributed by atoms with E-state index in [4.69, 9.17) is 64.9 Å². The molecule has 3 aromatic heterocycles. The maximum Gasteiger partial charge on any atom is 3.00 e.